The summed E-state index contributed by atoms with van der Waals surface area (Å²) in [6.45, 7) is 1.28. The van der Waals surface area contributed by atoms with E-state index in [1.54, 1.807) is 29.3 Å². The van der Waals surface area contributed by atoms with E-state index in [4.69, 9.17) is 0 Å². The molecular formula is C23H25ClN4O3S. The molecule has 2 heterocycles. The van der Waals surface area contributed by atoms with E-state index in [9.17, 15) is 13.2 Å². The molecule has 1 aliphatic heterocycles. The number of H-pyrrole nitrogens is 1. The van der Waals surface area contributed by atoms with Gasteiger partial charge in [0.15, 0.2) is 0 Å². The summed E-state index contributed by atoms with van der Waals surface area (Å²) in [7, 11) is -3.90. The van der Waals surface area contributed by atoms with Crippen molar-refractivity contribution < 1.29 is 13.2 Å². The molecule has 1 atom stereocenters. The predicted molar refractivity (Wildman–Crippen MR) is 126 cm³/mol. The van der Waals surface area contributed by atoms with E-state index in [1.807, 2.05) is 24.3 Å². The van der Waals surface area contributed by atoms with Gasteiger partial charge in [0.1, 0.15) is 11.7 Å². The lowest BCUT2D eigenvalue weighted by atomic mass is 10.1. The number of likely N-dealkylation sites (tertiary alicyclic amines) is 1. The lowest BCUT2D eigenvalue weighted by molar-refractivity contribution is -0.133. The number of sulfonamides is 1. The Hall–Kier alpha value is -2.86. The molecule has 2 aromatic carbocycles. The third kappa shape index (κ3) is 5.68. The summed E-state index contributed by atoms with van der Waals surface area (Å²) in [5.41, 5.74) is 0.613. The van der Waals surface area contributed by atoms with Gasteiger partial charge in [-0.2, -0.15) is 4.72 Å². The number of aromatic nitrogens is 2. The second kappa shape index (κ2) is 10.6. The van der Waals surface area contributed by atoms with E-state index < -0.39 is 16.1 Å². The van der Waals surface area contributed by atoms with E-state index in [-0.39, 0.29) is 29.6 Å². The monoisotopic (exact) mass is 472 g/mol. The van der Waals surface area contributed by atoms with Crippen LogP contribution in [0, 0.1) is 11.8 Å². The van der Waals surface area contributed by atoms with Crippen LogP contribution in [0.3, 0.4) is 0 Å². The molecular weight excluding hydrogens is 448 g/mol. The van der Waals surface area contributed by atoms with Crippen LogP contribution in [-0.2, 0) is 14.8 Å². The quantitative estimate of drug-likeness (QED) is 0.558. The third-order valence-corrected chi connectivity index (χ3v) is 6.79. The number of carbonyl (C=O) groups excluding carboxylic acids is 1. The van der Waals surface area contributed by atoms with E-state index >= 15 is 0 Å². The molecule has 0 radical (unpaired) electrons. The van der Waals surface area contributed by atoms with Gasteiger partial charge in [0.25, 0.3) is 0 Å². The first-order valence-corrected chi connectivity index (χ1v) is 11.8. The number of nitrogens with one attached hydrogen (secondary N) is 2. The maximum absolute atomic E-state index is 13.1. The zero-order chi connectivity index (χ0) is 21.7. The van der Waals surface area contributed by atoms with Crippen LogP contribution in [0.15, 0.2) is 59.9 Å². The fourth-order valence-corrected chi connectivity index (χ4v) is 4.90. The van der Waals surface area contributed by atoms with Gasteiger partial charge in [-0.1, -0.05) is 36.3 Å². The number of hydrogen-bond donors (Lipinski definition) is 2. The molecule has 7 nitrogen and oxygen atoms in total. The maximum Gasteiger partial charge on any atom is 0.241 e. The summed E-state index contributed by atoms with van der Waals surface area (Å²) in [4.78, 5) is 21.8. The number of nitrogens with zero attached hydrogens (tertiary/aromatic N) is 2. The van der Waals surface area contributed by atoms with Gasteiger partial charge in [-0.3, -0.25) is 4.79 Å². The number of halogens is 1. The highest BCUT2D eigenvalue weighted by Gasteiger charge is 2.29. The first-order chi connectivity index (χ1) is 15.0. The Morgan fingerprint density at radius 3 is 2.59 bits per heavy atom. The summed E-state index contributed by atoms with van der Waals surface area (Å²) >= 11 is 0. The van der Waals surface area contributed by atoms with Gasteiger partial charge in [0.05, 0.1) is 17.4 Å². The number of imidazole rings is 1. The van der Waals surface area contributed by atoms with Crippen molar-refractivity contribution in [3.8, 4) is 11.8 Å². The van der Waals surface area contributed by atoms with Crippen molar-refractivity contribution in [2.24, 2.45) is 0 Å². The SMILES string of the molecule is Cl.O=C([C@H](CC#Cc1cnc[nH]1)NS(=O)(=O)c1ccc2ccccc2c1)N1CCCCC1. The third-order valence-electron chi connectivity index (χ3n) is 5.32. The van der Waals surface area contributed by atoms with Gasteiger partial charge >= 0.3 is 0 Å². The molecule has 4 rings (SSSR count). The Kier molecular flexibility index (Phi) is 7.91. The molecule has 3 aromatic rings. The fourth-order valence-electron chi connectivity index (χ4n) is 3.68. The van der Waals surface area contributed by atoms with Crippen molar-refractivity contribution in [3.63, 3.8) is 0 Å². The van der Waals surface area contributed by atoms with E-state index in [2.05, 4.69) is 26.5 Å². The molecule has 1 amide bonds. The van der Waals surface area contributed by atoms with Gasteiger partial charge in [-0.05, 0) is 48.1 Å². The minimum atomic E-state index is -3.90. The van der Waals surface area contributed by atoms with Crippen LogP contribution in [0.1, 0.15) is 31.4 Å². The van der Waals surface area contributed by atoms with Crippen molar-refractivity contribution in [2.45, 2.75) is 36.6 Å². The molecule has 9 heteroatoms. The van der Waals surface area contributed by atoms with Gasteiger partial charge in [0, 0.05) is 19.5 Å². The van der Waals surface area contributed by atoms with Crippen LogP contribution in [0.2, 0.25) is 0 Å². The number of piperidine rings is 1. The lowest BCUT2D eigenvalue weighted by Crippen LogP contribution is -2.49. The second-order valence-corrected chi connectivity index (χ2v) is 9.25. The Labute approximate surface area is 194 Å². The Balaban J connectivity index is 0.00000289. The molecule has 1 aromatic heterocycles. The molecule has 168 valence electrons. The molecule has 1 saturated heterocycles. The summed E-state index contributed by atoms with van der Waals surface area (Å²) < 4.78 is 28.8. The number of carbonyl (C=O) groups is 1. The standard InChI is InChI=1S/C23H24N4O3S.ClH/c28-23(27-13-4-1-5-14-27)22(10-6-9-20-16-24-17-25-20)26-31(29,30)21-12-11-18-7-2-3-8-19(18)15-21;/h2-3,7-8,11-12,15-17,22,26H,1,4-5,10,13-14H2,(H,24,25);1H/t22-;/m0./s1. The normalized spacial score (nSPS) is 14.8. The van der Waals surface area contributed by atoms with Crippen LogP contribution in [-0.4, -0.2) is 48.3 Å². The minimum Gasteiger partial charge on any atom is -0.341 e. The molecule has 0 unspecified atom stereocenters. The van der Waals surface area contributed by atoms with E-state index in [0.717, 1.165) is 30.0 Å². The number of hydrogen-bond acceptors (Lipinski definition) is 4. The zero-order valence-electron chi connectivity index (χ0n) is 17.5. The summed E-state index contributed by atoms with van der Waals surface area (Å²) in [6.07, 6.45) is 6.10. The highest BCUT2D eigenvalue weighted by molar-refractivity contribution is 7.89. The van der Waals surface area contributed by atoms with Crippen molar-refractivity contribution in [1.82, 2.24) is 19.6 Å². The lowest BCUT2D eigenvalue weighted by Gasteiger charge is -2.30. The Morgan fingerprint density at radius 1 is 1.12 bits per heavy atom. The number of benzene rings is 2. The van der Waals surface area contributed by atoms with E-state index in [1.165, 1.54) is 6.33 Å². The Morgan fingerprint density at radius 2 is 1.88 bits per heavy atom. The molecule has 1 aliphatic rings. The number of fused-ring (bicyclic) bond motifs is 1. The average molecular weight is 473 g/mol. The van der Waals surface area contributed by atoms with E-state index in [0.29, 0.717) is 18.8 Å². The first kappa shape index (κ1) is 23.8. The summed E-state index contributed by atoms with van der Waals surface area (Å²) in [6, 6.07) is 11.5. The van der Waals surface area contributed by atoms with Crippen molar-refractivity contribution in [3.05, 3.63) is 60.7 Å². The summed E-state index contributed by atoms with van der Waals surface area (Å²) in [5, 5.41) is 1.77. The van der Waals surface area contributed by atoms with Crippen molar-refractivity contribution in [1.29, 1.82) is 0 Å². The minimum absolute atomic E-state index is 0. The average Bonchev–Trinajstić information content (AvgIpc) is 3.31. The number of amides is 1. The van der Waals surface area contributed by atoms with Gasteiger partial charge < -0.3 is 9.88 Å². The van der Waals surface area contributed by atoms with Crippen molar-refractivity contribution >= 4 is 39.1 Å². The van der Waals surface area contributed by atoms with Crippen LogP contribution < -0.4 is 4.72 Å². The molecule has 1 fully saturated rings. The second-order valence-electron chi connectivity index (χ2n) is 7.54. The molecule has 2 N–H and O–H groups in total. The largest absolute Gasteiger partial charge is 0.341 e. The smallest absolute Gasteiger partial charge is 0.241 e. The highest BCUT2D eigenvalue weighted by Crippen LogP contribution is 2.20. The van der Waals surface area contributed by atoms with Gasteiger partial charge in [0.2, 0.25) is 15.9 Å². The van der Waals surface area contributed by atoms with Gasteiger partial charge in [-0.25, -0.2) is 13.4 Å². The predicted octanol–water partition coefficient (Wildman–Crippen LogP) is 3.09. The highest BCUT2D eigenvalue weighted by atomic mass is 35.5. The van der Waals surface area contributed by atoms with Crippen LogP contribution in [0.25, 0.3) is 10.8 Å². The molecule has 0 spiro atoms. The summed E-state index contributed by atoms with van der Waals surface area (Å²) in [5.74, 6) is 5.57. The topological polar surface area (TPSA) is 95.2 Å². The molecule has 0 aliphatic carbocycles. The molecule has 32 heavy (non-hydrogen) atoms. The Bertz CT molecular complexity index is 1230. The first-order valence-electron chi connectivity index (χ1n) is 10.3. The molecule has 0 saturated carbocycles. The number of aromatic amines is 1. The zero-order valence-corrected chi connectivity index (χ0v) is 19.1. The van der Waals surface area contributed by atoms with Crippen molar-refractivity contribution in [2.75, 3.05) is 13.1 Å². The molecule has 0 bridgehead atoms. The van der Waals surface area contributed by atoms with Crippen LogP contribution >= 0.6 is 12.4 Å². The maximum atomic E-state index is 13.1. The number of rotatable bonds is 5. The van der Waals surface area contributed by atoms with Crippen LogP contribution in [0.4, 0.5) is 0 Å². The fraction of sp³-hybridized carbons (Fsp3) is 0.304. The van der Waals surface area contributed by atoms with Crippen LogP contribution in [0.5, 0.6) is 0 Å². The van der Waals surface area contributed by atoms with Gasteiger partial charge in [-0.15, -0.1) is 12.4 Å².